The van der Waals surface area contributed by atoms with Crippen molar-refractivity contribution in [1.82, 2.24) is 5.32 Å². The number of carbonyl (C=O) groups is 1. The number of rotatable bonds is 5. The van der Waals surface area contributed by atoms with Crippen LogP contribution in [0.1, 0.15) is 45.4 Å². The molecule has 3 nitrogen and oxygen atoms in total. The van der Waals surface area contributed by atoms with Gasteiger partial charge in [0.2, 0.25) is 5.91 Å². The summed E-state index contributed by atoms with van der Waals surface area (Å²) in [5, 5.41) is 3.45. The zero-order valence-corrected chi connectivity index (χ0v) is 9.09. The van der Waals surface area contributed by atoms with Crippen molar-refractivity contribution >= 4 is 5.91 Å². The summed E-state index contributed by atoms with van der Waals surface area (Å²) < 4.78 is 0. The SMILES string of the molecule is CCCCNC1CCCCC1C(N)=O. The van der Waals surface area contributed by atoms with E-state index in [1.54, 1.807) is 0 Å². The van der Waals surface area contributed by atoms with E-state index in [1.807, 2.05) is 0 Å². The Morgan fingerprint density at radius 1 is 1.43 bits per heavy atom. The molecule has 1 fully saturated rings. The van der Waals surface area contributed by atoms with Crippen molar-refractivity contribution in [3.05, 3.63) is 0 Å². The minimum absolute atomic E-state index is 0.0700. The van der Waals surface area contributed by atoms with Crippen LogP contribution in [0.15, 0.2) is 0 Å². The van der Waals surface area contributed by atoms with Gasteiger partial charge in [-0.3, -0.25) is 4.79 Å². The van der Waals surface area contributed by atoms with Crippen molar-refractivity contribution in [2.75, 3.05) is 6.54 Å². The number of amides is 1. The van der Waals surface area contributed by atoms with Crippen molar-refractivity contribution in [3.8, 4) is 0 Å². The molecule has 2 atom stereocenters. The van der Waals surface area contributed by atoms with Crippen LogP contribution in [0.4, 0.5) is 0 Å². The van der Waals surface area contributed by atoms with E-state index in [9.17, 15) is 4.79 Å². The molecule has 0 aromatic heterocycles. The molecule has 0 spiro atoms. The summed E-state index contributed by atoms with van der Waals surface area (Å²) in [6.45, 7) is 3.19. The third-order valence-corrected chi connectivity index (χ3v) is 3.07. The Hall–Kier alpha value is -0.570. The number of nitrogens with one attached hydrogen (secondary N) is 1. The Balaban J connectivity index is 2.34. The zero-order valence-electron chi connectivity index (χ0n) is 9.09. The van der Waals surface area contributed by atoms with Crippen molar-refractivity contribution in [3.63, 3.8) is 0 Å². The van der Waals surface area contributed by atoms with Gasteiger partial charge in [-0.25, -0.2) is 0 Å². The Morgan fingerprint density at radius 3 is 2.79 bits per heavy atom. The summed E-state index contributed by atoms with van der Waals surface area (Å²) in [4.78, 5) is 11.2. The number of hydrogen-bond donors (Lipinski definition) is 2. The minimum atomic E-state index is -0.126. The van der Waals surface area contributed by atoms with Gasteiger partial charge >= 0.3 is 0 Å². The molecule has 0 bridgehead atoms. The first-order chi connectivity index (χ1) is 6.75. The molecule has 0 heterocycles. The highest BCUT2D eigenvalue weighted by molar-refractivity contribution is 5.77. The Bertz CT molecular complexity index is 182. The highest BCUT2D eigenvalue weighted by Gasteiger charge is 2.28. The lowest BCUT2D eigenvalue weighted by Gasteiger charge is -2.30. The molecule has 2 unspecified atom stereocenters. The van der Waals surface area contributed by atoms with Gasteiger partial charge in [0.25, 0.3) is 0 Å². The van der Waals surface area contributed by atoms with Crippen LogP contribution in [-0.4, -0.2) is 18.5 Å². The molecule has 1 amide bonds. The van der Waals surface area contributed by atoms with Gasteiger partial charge in [-0.05, 0) is 25.8 Å². The Morgan fingerprint density at radius 2 is 2.14 bits per heavy atom. The van der Waals surface area contributed by atoms with E-state index in [4.69, 9.17) is 5.73 Å². The highest BCUT2D eigenvalue weighted by Crippen LogP contribution is 2.24. The van der Waals surface area contributed by atoms with Crippen molar-refractivity contribution in [2.24, 2.45) is 11.7 Å². The normalized spacial score (nSPS) is 27.5. The Labute approximate surface area is 86.4 Å². The van der Waals surface area contributed by atoms with Gasteiger partial charge in [0.15, 0.2) is 0 Å². The molecule has 0 aromatic carbocycles. The van der Waals surface area contributed by atoms with Crippen LogP contribution in [-0.2, 0) is 4.79 Å². The summed E-state index contributed by atoms with van der Waals surface area (Å²) in [7, 11) is 0. The van der Waals surface area contributed by atoms with Crippen LogP contribution in [0.2, 0.25) is 0 Å². The third-order valence-electron chi connectivity index (χ3n) is 3.07. The molecular formula is C11H22N2O. The predicted octanol–water partition coefficient (Wildman–Crippen LogP) is 1.42. The van der Waals surface area contributed by atoms with Gasteiger partial charge in [0.1, 0.15) is 0 Å². The van der Waals surface area contributed by atoms with Crippen LogP contribution in [0.5, 0.6) is 0 Å². The second kappa shape index (κ2) is 6.02. The minimum Gasteiger partial charge on any atom is -0.369 e. The molecule has 3 N–H and O–H groups in total. The maximum absolute atomic E-state index is 11.2. The van der Waals surface area contributed by atoms with Crippen molar-refractivity contribution in [2.45, 2.75) is 51.5 Å². The second-order valence-corrected chi connectivity index (χ2v) is 4.21. The predicted molar refractivity (Wildman–Crippen MR) is 57.9 cm³/mol. The number of primary amides is 1. The van der Waals surface area contributed by atoms with Crippen LogP contribution in [0.3, 0.4) is 0 Å². The summed E-state index contributed by atoms with van der Waals surface area (Å²) >= 11 is 0. The molecule has 1 aliphatic carbocycles. The smallest absolute Gasteiger partial charge is 0.222 e. The maximum Gasteiger partial charge on any atom is 0.222 e. The number of carbonyl (C=O) groups excluding carboxylic acids is 1. The monoisotopic (exact) mass is 198 g/mol. The van der Waals surface area contributed by atoms with E-state index in [1.165, 1.54) is 19.3 Å². The number of unbranched alkanes of at least 4 members (excludes halogenated alkanes) is 1. The molecule has 3 heteroatoms. The molecule has 14 heavy (non-hydrogen) atoms. The van der Waals surface area contributed by atoms with E-state index in [2.05, 4.69) is 12.2 Å². The van der Waals surface area contributed by atoms with E-state index >= 15 is 0 Å². The fourth-order valence-electron chi connectivity index (χ4n) is 2.18. The van der Waals surface area contributed by atoms with Gasteiger partial charge in [-0.1, -0.05) is 26.2 Å². The molecule has 0 aromatic rings. The van der Waals surface area contributed by atoms with Gasteiger partial charge in [-0.2, -0.15) is 0 Å². The van der Waals surface area contributed by atoms with E-state index < -0.39 is 0 Å². The van der Waals surface area contributed by atoms with E-state index in [0.29, 0.717) is 6.04 Å². The molecule has 1 saturated carbocycles. The van der Waals surface area contributed by atoms with Crippen LogP contribution >= 0.6 is 0 Å². The van der Waals surface area contributed by atoms with Crippen molar-refractivity contribution in [1.29, 1.82) is 0 Å². The quantitative estimate of drug-likeness (QED) is 0.656. The summed E-state index contributed by atoms with van der Waals surface area (Å²) in [5.74, 6) is -0.0562. The first-order valence-electron chi connectivity index (χ1n) is 5.78. The van der Waals surface area contributed by atoms with E-state index in [0.717, 1.165) is 25.8 Å². The molecule has 0 radical (unpaired) electrons. The second-order valence-electron chi connectivity index (χ2n) is 4.21. The molecule has 1 rings (SSSR count). The van der Waals surface area contributed by atoms with E-state index in [-0.39, 0.29) is 11.8 Å². The van der Waals surface area contributed by atoms with Gasteiger partial charge < -0.3 is 11.1 Å². The molecule has 82 valence electrons. The largest absolute Gasteiger partial charge is 0.369 e. The number of nitrogens with two attached hydrogens (primary N) is 1. The topological polar surface area (TPSA) is 55.1 Å². The van der Waals surface area contributed by atoms with Gasteiger partial charge in [0, 0.05) is 6.04 Å². The molecule has 0 saturated heterocycles. The Kier molecular flexibility index (Phi) is 4.94. The first-order valence-corrected chi connectivity index (χ1v) is 5.78. The summed E-state index contributed by atoms with van der Waals surface area (Å²) in [5.41, 5.74) is 5.38. The lowest BCUT2D eigenvalue weighted by atomic mass is 9.84. The van der Waals surface area contributed by atoms with Gasteiger partial charge in [-0.15, -0.1) is 0 Å². The fraction of sp³-hybridized carbons (Fsp3) is 0.909. The first kappa shape index (κ1) is 11.5. The van der Waals surface area contributed by atoms with Gasteiger partial charge in [0.05, 0.1) is 5.92 Å². The third kappa shape index (κ3) is 3.29. The number of hydrogen-bond acceptors (Lipinski definition) is 2. The zero-order chi connectivity index (χ0) is 10.4. The molecule has 0 aliphatic heterocycles. The highest BCUT2D eigenvalue weighted by atomic mass is 16.1. The lowest BCUT2D eigenvalue weighted by Crippen LogP contribution is -2.45. The average Bonchev–Trinajstić information content (AvgIpc) is 2.19. The van der Waals surface area contributed by atoms with Crippen LogP contribution in [0, 0.1) is 5.92 Å². The standard InChI is InChI=1S/C11H22N2O/c1-2-3-8-13-10-7-5-4-6-9(10)11(12)14/h9-10,13H,2-8H2,1H3,(H2,12,14). The molecular weight excluding hydrogens is 176 g/mol. The summed E-state index contributed by atoms with van der Waals surface area (Å²) in [6.07, 6.45) is 6.84. The molecule has 1 aliphatic rings. The summed E-state index contributed by atoms with van der Waals surface area (Å²) in [6, 6.07) is 0.341. The average molecular weight is 198 g/mol. The maximum atomic E-state index is 11.2. The lowest BCUT2D eigenvalue weighted by molar-refractivity contribution is -0.123. The van der Waals surface area contributed by atoms with Crippen LogP contribution < -0.4 is 11.1 Å². The van der Waals surface area contributed by atoms with Crippen molar-refractivity contribution < 1.29 is 4.79 Å². The van der Waals surface area contributed by atoms with Crippen LogP contribution in [0.25, 0.3) is 0 Å². The fourth-order valence-corrected chi connectivity index (χ4v) is 2.18.